The molecule has 2 atom stereocenters. The lowest BCUT2D eigenvalue weighted by Gasteiger charge is -2.16. The van der Waals surface area contributed by atoms with Crippen molar-refractivity contribution in [1.29, 1.82) is 0 Å². The zero-order valence-electron chi connectivity index (χ0n) is 9.20. The number of nitrogens with zero attached hydrogens (tertiary/aromatic N) is 2. The summed E-state index contributed by atoms with van der Waals surface area (Å²) in [5.41, 5.74) is 11.1. The first-order valence-corrected chi connectivity index (χ1v) is 5.41. The highest BCUT2D eigenvalue weighted by molar-refractivity contribution is 5.53. The van der Waals surface area contributed by atoms with Gasteiger partial charge in [-0.15, -0.1) is 0 Å². The molecule has 4 N–H and O–H groups in total. The van der Waals surface area contributed by atoms with E-state index in [-0.39, 0.29) is 29.5 Å². The summed E-state index contributed by atoms with van der Waals surface area (Å²) in [7, 11) is 0. The monoisotopic (exact) mass is 238 g/mol. The van der Waals surface area contributed by atoms with Crippen LogP contribution in [0.5, 0.6) is 5.88 Å². The standard InChI is InChI=1S/C10H14N4O3/c11-6-2-1-3-8(6)17-9-5-4-7(14(15)16)10(12)13-9/h4-6,8H,1-3,11H2,(H2,12,13). The van der Waals surface area contributed by atoms with Gasteiger partial charge in [-0.05, 0) is 19.3 Å². The lowest BCUT2D eigenvalue weighted by molar-refractivity contribution is -0.384. The summed E-state index contributed by atoms with van der Waals surface area (Å²) in [6.07, 6.45) is 2.74. The third kappa shape index (κ3) is 2.44. The molecule has 1 aromatic rings. The number of nitrogen functional groups attached to an aromatic ring is 1. The van der Waals surface area contributed by atoms with E-state index in [1.807, 2.05) is 0 Å². The minimum absolute atomic E-state index is 0.00628. The van der Waals surface area contributed by atoms with Gasteiger partial charge in [-0.1, -0.05) is 0 Å². The SMILES string of the molecule is Nc1nc(OC2CCCC2N)ccc1[N+](=O)[O-]. The topological polar surface area (TPSA) is 117 Å². The molecule has 0 spiro atoms. The second-order valence-electron chi connectivity index (χ2n) is 4.06. The average molecular weight is 238 g/mol. The molecule has 2 unspecified atom stereocenters. The highest BCUT2D eigenvalue weighted by atomic mass is 16.6. The third-order valence-corrected chi connectivity index (χ3v) is 2.85. The van der Waals surface area contributed by atoms with Crippen molar-refractivity contribution in [3.8, 4) is 5.88 Å². The second-order valence-corrected chi connectivity index (χ2v) is 4.06. The minimum atomic E-state index is -0.576. The molecule has 1 aromatic heterocycles. The van der Waals surface area contributed by atoms with Gasteiger partial charge in [0, 0.05) is 18.2 Å². The summed E-state index contributed by atoms with van der Waals surface area (Å²) in [5.74, 6) is 0.148. The van der Waals surface area contributed by atoms with Crippen LogP contribution in [-0.4, -0.2) is 22.1 Å². The molecule has 0 aromatic carbocycles. The molecule has 1 saturated carbocycles. The Morgan fingerprint density at radius 2 is 2.24 bits per heavy atom. The Labute approximate surface area is 97.9 Å². The highest BCUT2D eigenvalue weighted by Crippen LogP contribution is 2.26. The Morgan fingerprint density at radius 3 is 2.76 bits per heavy atom. The van der Waals surface area contributed by atoms with Gasteiger partial charge in [0.2, 0.25) is 11.7 Å². The van der Waals surface area contributed by atoms with Gasteiger partial charge in [-0.25, -0.2) is 0 Å². The van der Waals surface area contributed by atoms with Crippen molar-refractivity contribution in [1.82, 2.24) is 4.98 Å². The number of hydrogen-bond donors (Lipinski definition) is 2. The first kappa shape index (κ1) is 11.6. The molecule has 92 valence electrons. The normalized spacial score (nSPS) is 23.6. The summed E-state index contributed by atoms with van der Waals surface area (Å²) in [6, 6.07) is 2.73. The fourth-order valence-electron chi connectivity index (χ4n) is 1.93. The van der Waals surface area contributed by atoms with Crippen LogP contribution in [0.4, 0.5) is 11.5 Å². The molecule has 1 fully saturated rings. The van der Waals surface area contributed by atoms with E-state index in [1.54, 1.807) is 0 Å². The Hall–Kier alpha value is -1.89. The molecule has 17 heavy (non-hydrogen) atoms. The van der Waals surface area contributed by atoms with E-state index in [1.165, 1.54) is 12.1 Å². The van der Waals surface area contributed by atoms with Crippen LogP contribution in [-0.2, 0) is 0 Å². The van der Waals surface area contributed by atoms with E-state index in [9.17, 15) is 10.1 Å². The predicted molar refractivity (Wildman–Crippen MR) is 61.5 cm³/mol. The lowest BCUT2D eigenvalue weighted by atomic mass is 10.2. The Morgan fingerprint density at radius 1 is 1.47 bits per heavy atom. The highest BCUT2D eigenvalue weighted by Gasteiger charge is 2.26. The molecular formula is C10H14N4O3. The van der Waals surface area contributed by atoms with Crippen molar-refractivity contribution < 1.29 is 9.66 Å². The molecule has 7 heteroatoms. The van der Waals surface area contributed by atoms with Crippen molar-refractivity contribution in [3.05, 3.63) is 22.2 Å². The number of hydrogen-bond acceptors (Lipinski definition) is 6. The van der Waals surface area contributed by atoms with Crippen LogP contribution in [0.1, 0.15) is 19.3 Å². The molecule has 0 saturated heterocycles. The molecule has 7 nitrogen and oxygen atoms in total. The van der Waals surface area contributed by atoms with Crippen LogP contribution in [0.15, 0.2) is 12.1 Å². The van der Waals surface area contributed by atoms with Crippen LogP contribution >= 0.6 is 0 Å². The number of rotatable bonds is 3. The fraction of sp³-hybridized carbons (Fsp3) is 0.500. The van der Waals surface area contributed by atoms with E-state index in [4.69, 9.17) is 16.2 Å². The van der Waals surface area contributed by atoms with Crippen molar-refractivity contribution >= 4 is 11.5 Å². The second kappa shape index (κ2) is 4.54. The van der Waals surface area contributed by atoms with Gasteiger partial charge < -0.3 is 16.2 Å². The van der Waals surface area contributed by atoms with Gasteiger partial charge in [-0.2, -0.15) is 4.98 Å². The molecule has 2 rings (SSSR count). The van der Waals surface area contributed by atoms with E-state index in [0.29, 0.717) is 0 Å². The molecule has 1 aliphatic carbocycles. The smallest absolute Gasteiger partial charge is 0.311 e. The summed E-state index contributed by atoms with van der Waals surface area (Å²) < 4.78 is 5.56. The Kier molecular flexibility index (Phi) is 3.10. The van der Waals surface area contributed by atoms with E-state index < -0.39 is 4.92 Å². The maximum Gasteiger partial charge on any atom is 0.311 e. The van der Waals surface area contributed by atoms with Gasteiger partial charge in [0.05, 0.1) is 4.92 Å². The zero-order valence-corrected chi connectivity index (χ0v) is 9.20. The van der Waals surface area contributed by atoms with E-state index in [2.05, 4.69) is 4.98 Å². The van der Waals surface area contributed by atoms with Crippen molar-refractivity contribution in [2.75, 3.05) is 5.73 Å². The first-order chi connectivity index (χ1) is 8.08. The van der Waals surface area contributed by atoms with Crippen LogP contribution in [0.2, 0.25) is 0 Å². The number of nitrogens with two attached hydrogens (primary N) is 2. The number of pyridine rings is 1. The van der Waals surface area contributed by atoms with Crippen LogP contribution in [0.3, 0.4) is 0 Å². The maximum absolute atomic E-state index is 10.6. The molecular weight excluding hydrogens is 224 g/mol. The largest absolute Gasteiger partial charge is 0.473 e. The van der Waals surface area contributed by atoms with E-state index in [0.717, 1.165) is 19.3 Å². The quantitative estimate of drug-likeness (QED) is 0.594. The number of ether oxygens (including phenoxy) is 1. The van der Waals surface area contributed by atoms with Crippen LogP contribution < -0.4 is 16.2 Å². The molecule has 0 bridgehead atoms. The third-order valence-electron chi connectivity index (χ3n) is 2.85. The minimum Gasteiger partial charge on any atom is -0.473 e. The van der Waals surface area contributed by atoms with Crippen molar-refractivity contribution in [3.63, 3.8) is 0 Å². The molecule has 1 aliphatic rings. The molecule has 0 aliphatic heterocycles. The molecule has 0 amide bonds. The summed E-state index contributed by atoms with van der Waals surface area (Å²) in [6.45, 7) is 0. The number of aromatic nitrogens is 1. The van der Waals surface area contributed by atoms with Gasteiger partial charge in [0.15, 0.2) is 0 Å². The van der Waals surface area contributed by atoms with Gasteiger partial charge in [-0.3, -0.25) is 10.1 Å². The van der Waals surface area contributed by atoms with Gasteiger partial charge in [0.1, 0.15) is 6.10 Å². The van der Waals surface area contributed by atoms with Crippen molar-refractivity contribution in [2.24, 2.45) is 5.73 Å². The molecule has 1 heterocycles. The summed E-state index contributed by atoms with van der Waals surface area (Å²) in [4.78, 5) is 13.8. The van der Waals surface area contributed by atoms with Crippen molar-refractivity contribution in [2.45, 2.75) is 31.4 Å². The van der Waals surface area contributed by atoms with Crippen LogP contribution in [0.25, 0.3) is 0 Å². The van der Waals surface area contributed by atoms with E-state index >= 15 is 0 Å². The first-order valence-electron chi connectivity index (χ1n) is 5.41. The van der Waals surface area contributed by atoms with Gasteiger partial charge >= 0.3 is 5.69 Å². The molecule has 0 radical (unpaired) electrons. The lowest BCUT2D eigenvalue weighted by Crippen LogP contribution is -2.33. The fourth-order valence-corrected chi connectivity index (χ4v) is 1.93. The zero-order chi connectivity index (χ0) is 12.4. The summed E-state index contributed by atoms with van der Waals surface area (Å²) >= 11 is 0. The van der Waals surface area contributed by atoms with Crippen LogP contribution in [0, 0.1) is 10.1 Å². The Balaban J connectivity index is 2.12. The maximum atomic E-state index is 10.6. The average Bonchev–Trinajstić information content (AvgIpc) is 2.64. The predicted octanol–water partition coefficient (Wildman–Crippen LogP) is 0.831. The number of nitro groups is 1. The Bertz CT molecular complexity index is 438. The number of anilines is 1. The summed E-state index contributed by atoms with van der Waals surface area (Å²) in [5, 5.41) is 10.6. The van der Waals surface area contributed by atoms with Gasteiger partial charge in [0.25, 0.3) is 0 Å².